The monoisotopic (exact) mass is 225 g/mol. The molecule has 0 aliphatic heterocycles. The largest absolute Gasteiger partial charge is 0.465 e. The molecule has 0 atom stereocenters. The fourth-order valence-electron chi connectivity index (χ4n) is 1.02. The van der Waals surface area contributed by atoms with E-state index in [1.54, 1.807) is 30.1 Å². The van der Waals surface area contributed by atoms with Gasteiger partial charge in [0.15, 0.2) is 0 Å². The van der Waals surface area contributed by atoms with Gasteiger partial charge in [0.25, 0.3) is 0 Å². The summed E-state index contributed by atoms with van der Waals surface area (Å²) >= 11 is 1.62. The molecule has 0 aliphatic carbocycles. The number of pyridine rings is 1. The number of carbonyl (C=O) groups is 1. The van der Waals surface area contributed by atoms with Crippen LogP contribution in [0.25, 0.3) is 0 Å². The van der Waals surface area contributed by atoms with E-state index in [1.165, 1.54) is 7.11 Å². The maximum absolute atomic E-state index is 11.3. The molecule has 15 heavy (non-hydrogen) atoms. The third kappa shape index (κ3) is 3.91. The standard InChI is InChI=1S/C11H15NO2S/c1-11(2,3)15-9-7-8(5-6-12-9)10(13)14-4/h5-7H,1-4H3. The van der Waals surface area contributed by atoms with E-state index >= 15 is 0 Å². The van der Waals surface area contributed by atoms with Gasteiger partial charge in [0.2, 0.25) is 0 Å². The molecular formula is C11H15NO2S. The summed E-state index contributed by atoms with van der Waals surface area (Å²) in [5.41, 5.74) is 0.541. The van der Waals surface area contributed by atoms with E-state index in [-0.39, 0.29) is 10.7 Å². The second-order valence-electron chi connectivity index (χ2n) is 4.09. The van der Waals surface area contributed by atoms with E-state index in [9.17, 15) is 4.79 Å². The van der Waals surface area contributed by atoms with Crippen LogP contribution in [0, 0.1) is 0 Å². The van der Waals surface area contributed by atoms with Gasteiger partial charge in [-0.1, -0.05) is 20.8 Å². The first kappa shape index (κ1) is 12.0. The fourth-order valence-corrected chi connectivity index (χ4v) is 1.95. The molecule has 1 heterocycles. The Kier molecular flexibility index (Phi) is 3.74. The molecule has 0 saturated heterocycles. The van der Waals surface area contributed by atoms with Gasteiger partial charge in [0, 0.05) is 10.9 Å². The zero-order valence-corrected chi connectivity index (χ0v) is 10.2. The van der Waals surface area contributed by atoms with Gasteiger partial charge in [-0.05, 0) is 12.1 Å². The van der Waals surface area contributed by atoms with Crippen LogP contribution in [0.4, 0.5) is 0 Å². The van der Waals surface area contributed by atoms with E-state index in [1.807, 2.05) is 0 Å². The third-order valence-electron chi connectivity index (χ3n) is 1.57. The van der Waals surface area contributed by atoms with Gasteiger partial charge in [-0.15, -0.1) is 11.8 Å². The average Bonchev–Trinajstić information content (AvgIpc) is 2.14. The number of aromatic nitrogens is 1. The normalized spacial score (nSPS) is 11.2. The zero-order valence-electron chi connectivity index (χ0n) is 9.40. The van der Waals surface area contributed by atoms with Crippen molar-refractivity contribution in [3.63, 3.8) is 0 Å². The van der Waals surface area contributed by atoms with Gasteiger partial charge < -0.3 is 4.74 Å². The van der Waals surface area contributed by atoms with Crippen LogP contribution in [0.2, 0.25) is 0 Å². The van der Waals surface area contributed by atoms with Crippen molar-refractivity contribution >= 4 is 17.7 Å². The number of nitrogens with zero attached hydrogens (tertiary/aromatic N) is 1. The zero-order chi connectivity index (χ0) is 11.5. The van der Waals surface area contributed by atoms with Crippen LogP contribution < -0.4 is 0 Å². The Bertz CT molecular complexity index is 358. The molecule has 0 aliphatic rings. The Hall–Kier alpha value is -1.03. The molecule has 3 nitrogen and oxygen atoms in total. The maximum Gasteiger partial charge on any atom is 0.337 e. The number of hydrogen-bond acceptors (Lipinski definition) is 4. The lowest BCUT2D eigenvalue weighted by atomic mass is 10.3. The van der Waals surface area contributed by atoms with E-state index in [4.69, 9.17) is 0 Å². The summed E-state index contributed by atoms with van der Waals surface area (Å²) in [6.45, 7) is 6.30. The van der Waals surface area contributed by atoms with Gasteiger partial charge in [-0.25, -0.2) is 9.78 Å². The predicted octanol–water partition coefficient (Wildman–Crippen LogP) is 2.76. The highest BCUT2D eigenvalue weighted by atomic mass is 32.2. The summed E-state index contributed by atoms with van der Waals surface area (Å²) < 4.78 is 4.73. The average molecular weight is 225 g/mol. The highest BCUT2D eigenvalue weighted by Crippen LogP contribution is 2.30. The van der Waals surface area contributed by atoms with Gasteiger partial charge >= 0.3 is 5.97 Å². The van der Waals surface area contributed by atoms with Gasteiger partial charge in [0.1, 0.15) is 0 Å². The van der Waals surface area contributed by atoms with Crippen molar-refractivity contribution in [3.05, 3.63) is 23.9 Å². The Morgan fingerprint density at radius 2 is 2.13 bits per heavy atom. The smallest absolute Gasteiger partial charge is 0.337 e. The number of esters is 1. The molecule has 1 rings (SSSR count). The summed E-state index contributed by atoms with van der Waals surface area (Å²) in [6.07, 6.45) is 1.63. The Morgan fingerprint density at radius 1 is 1.47 bits per heavy atom. The minimum absolute atomic E-state index is 0.0851. The number of thioether (sulfide) groups is 1. The molecule has 0 N–H and O–H groups in total. The van der Waals surface area contributed by atoms with Crippen LogP contribution in [-0.4, -0.2) is 22.8 Å². The third-order valence-corrected chi connectivity index (χ3v) is 2.61. The summed E-state index contributed by atoms with van der Waals surface area (Å²) in [6, 6.07) is 3.40. The summed E-state index contributed by atoms with van der Waals surface area (Å²) in [5.74, 6) is -0.326. The topological polar surface area (TPSA) is 39.2 Å². The van der Waals surface area contributed by atoms with Crippen molar-refractivity contribution in [1.29, 1.82) is 0 Å². The lowest BCUT2D eigenvalue weighted by molar-refractivity contribution is 0.0600. The Balaban J connectivity index is 2.88. The fraction of sp³-hybridized carbons (Fsp3) is 0.455. The predicted molar refractivity (Wildman–Crippen MR) is 61.2 cm³/mol. The summed E-state index contributed by atoms with van der Waals surface area (Å²) in [7, 11) is 1.37. The molecule has 0 spiro atoms. The molecular weight excluding hydrogens is 210 g/mol. The van der Waals surface area contributed by atoms with Crippen LogP contribution >= 0.6 is 11.8 Å². The number of methoxy groups -OCH3 is 1. The van der Waals surface area contributed by atoms with Crippen LogP contribution in [0.1, 0.15) is 31.1 Å². The molecule has 0 fully saturated rings. The van der Waals surface area contributed by atoms with Crippen molar-refractivity contribution in [3.8, 4) is 0 Å². The van der Waals surface area contributed by atoms with E-state index in [0.717, 1.165) is 5.03 Å². The van der Waals surface area contributed by atoms with E-state index in [2.05, 4.69) is 30.5 Å². The molecule has 1 aromatic rings. The Labute approximate surface area is 94.2 Å². The molecule has 0 saturated carbocycles. The first-order valence-corrected chi connectivity index (χ1v) is 5.47. The van der Waals surface area contributed by atoms with Crippen molar-refractivity contribution in [2.45, 2.75) is 30.5 Å². The van der Waals surface area contributed by atoms with Crippen LogP contribution in [-0.2, 0) is 4.74 Å². The lowest BCUT2D eigenvalue weighted by Gasteiger charge is -2.16. The summed E-state index contributed by atoms with van der Waals surface area (Å²) in [5, 5.41) is 0.838. The van der Waals surface area contributed by atoms with Crippen molar-refractivity contribution in [1.82, 2.24) is 4.98 Å². The van der Waals surface area contributed by atoms with Crippen LogP contribution in [0.5, 0.6) is 0 Å². The van der Waals surface area contributed by atoms with Gasteiger partial charge in [0.05, 0.1) is 17.7 Å². The van der Waals surface area contributed by atoms with E-state index in [0.29, 0.717) is 5.56 Å². The molecule has 0 bridgehead atoms. The quantitative estimate of drug-likeness (QED) is 0.573. The highest BCUT2D eigenvalue weighted by Gasteiger charge is 2.14. The van der Waals surface area contributed by atoms with Gasteiger partial charge in [-0.3, -0.25) is 0 Å². The molecule has 0 aromatic carbocycles. The molecule has 4 heteroatoms. The minimum Gasteiger partial charge on any atom is -0.465 e. The number of carbonyl (C=O) groups excluding carboxylic acids is 1. The number of ether oxygens (including phenoxy) is 1. The number of hydrogen-bond donors (Lipinski definition) is 0. The van der Waals surface area contributed by atoms with Crippen molar-refractivity contribution in [2.75, 3.05) is 7.11 Å². The van der Waals surface area contributed by atoms with E-state index < -0.39 is 0 Å². The molecule has 1 aromatic heterocycles. The Morgan fingerprint density at radius 3 is 2.67 bits per heavy atom. The van der Waals surface area contributed by atoms with Crippen LogP contribution in [0.3, 0.4) is 0 Å². The lowest BCUT2D eigenvalue weighted by Crippen LogP contribution is -2.08. The second-order valence-corrected chi connectivity index (χ2v) is 5.94. The molecule has 82 valence electrons. The molecule has 0 radical (unpaired) electrons. The van der Waals surface area contributed by atoms with Crippen molar-refractivity contribution < 1.29 is 9.53 Å². The number of rotatable bonds is 2. The minimum atomic E-state index is -0.326. The highest BCUT2D eigenvalue weighted by molar-refractivity contribution is 8.00. The maximum atomic E-state index is 11.3. The summed E-state index contributed by atoms with van der Waals surface area (Å²) in [4.78, 5) is 15.5. The first-order chi connectivity index (χ1) is 6.92. The van der Waals surface area contributed by atoms with Crippen LogP contribution in [0.15, 0.2) is 23.4 Å². The van der Waals surface area contributed by atoms with Crippen molar-refractivity contribution in [2.24, 2.45) is 0 Å². The molecule has 0 amide bonds. The SMILES string of the molecule is COC(=O)c1ccnc(SC(C)(C)C)c1. The second kappa shape index (κ2) is 4.66. The molecule has 0 unspecified atom stereocenters. The van der Waals surface area contributed by atoms with Gasteiger partial charge in [-0.2, -0.15) is 0 Å². The first-order valence-electron chi connectivity index (χ1n) is 4.66.